The Morgan fingerprint density at radius 2 is 2.20 bits per heavy atom. The Labute approximate surface area is 121 Å². The summed E-state index contributed by atoms with van der Waals surface area (Å²) in [5.41, 5.74) is 0.589. The quantitative estimate of drug-likeness (QED) is 0.927. The molecule has 0 amide bonds. The molecule has 0 bridgehead atoms. The van der Waals surface area contributed by atoms with E-state index < -0.39 is 10.0 Å². The molecule has 1 aromatic rings. The average Bonchev–Trinajstić information content (AvgIpc) is 2.64. The molecule has 0 aliphatic carbocycles. The highest BCUT2D eigenvalue weighted by Crippen LogP contribution is 2.27. The van der Waals surface area contributed by atoms with E-state index in [0.29, 0.717) is 18.8 Å². The van der Waals surface area contributed by atoms with Crippen molar-refractivity contribution in [1.29, 1.82) is 0 Å². The van der Waals surface area contributed by atoms with Crippen molar-refractivity contribution in [3.63, 3.8) is 0 Å². The van der Waals surface area contributed by atoms with Crippen molar-refractivity contribution >= 4 is 15.7 Å². The molecular formula is C14H23N3O2S. The van der Waals surface area contributed by atoms with Crippen molar-refractivity contribution in [1.82, 2.24) is 9.29 Å². The van der Waals surface area contributed by atoms with Crippen molar-refractivity contribution in [2.24, 2.45) is 0 Å². The summed E-state index contributed by atoms with van der Waals surface area (Å²) < 4.78 is 27.4. The molecule has 0 radical (unpaired) electrons. The van der Waals surface area contributed by atoms with Gasteiger partial charge >= 0.3 is 0 Å². The molecule has 0 spiro atoms. The van der Waals surface area contributed by atoms with Gasteiger partial charge in [0.15, 0.2) is 5.03 Å². The lowest BCUT2D eigenvalue weighted by atomic mass is 10.1. The summed E-state index contributed by atoms with van der Waals surface area (Å²) in [6.45, 7) is 5.19. The van der Waals surface area contributed by atoms with E-state index in [1.165, 1.54) is 6.20 Å². The number of sulfonamides is 1. The zero-order valence-electron chi connectivity index (χ0n) is 12.2. The van der Waals surface area contributed by atoms with Crippen LogP contribution in [0.4, 0.5) is 5.69 Å². The summed E-state index contributed by atoms with van der Waals surface area (Å²) >= 11 is 0. The Hall–Kier alpha value is -1.14. The highest BCUT2D eigenvalue weighted by atomic mass is 32.2. The molecule has 1 aromatic heterocycles. The van der Waals surface area contributed by atoms with Crippen LogP contribution in [0.1, 0.15) is 39.5 Å². The van der Waals surface area contributed by atoms with E-state index in [2.05, 4.69) is 10.3 Å². The molecule has 20 heavy (non-hydrogen) atoms. The Bertz CT molecular complexity index is 545. The fourth-order valence-corrected chi connectivity index (χ4v) is 4.42. The molecule has 1 unspecified atom stereocenters. The number of nitrogens with one attached hydrogen (secondary N) is 1. The van der Waals surface area contributed by atoms with E-state index in [1.54, 1.807) is 16.4 Å². The third-order valence-electron chi connectivity index (χ3n) is 3.68. The van der Waals surface area contributed by atoms with Gasteiger partial charge in [0.1, 0.15) is 0 Å². The smallest absolute Gasteiger partial charge is 0.262 e. The lowest BCUT2D eigenvalue weighted by Crippen LogP contribution is -2.38. The van der Waals surface area contributed by atoms with E-state index in [0.717, 1.165) is 25.7 Å². The van der Waals surface area contributed by atoms with Gasteiger partial charge in [-0.05, 0) is 38.8 Å². The maximum absolute atomic E-state index is 12.9. The van der Waals surface area contributed by atoms with Crippen molar-refractivity contribution < 1.29 is 8.42 Å². The van der Waals surface area contributed by atoms with Crippen LogP contribution in [0.2, 0.25) is 0 Å². The summed E-state index contributed by atoms with van der Waals surface area (Å²) in [6.07, 6.45) is 5.57. The molecule has 2 heterocycles. The molecule has 0 saturated carbocycles. The van der Waals surface area contributed by atoms with Gasteiger partial charge in [-0.3, -0.25) is 0 Å². The van der Waals surface area contributed by atoms with Crippen molar-refractivity contribution in [2.75, 3.05) is 18.4 Å². The number of aromatic nitrogens is 1. The largest absolute Gasteiger partial charge is 0.383 e. The predicted molar refractivity (Wildman–Crippen MR) is 80.2 cm³/mol. The normalized spacial score (nSPS) is 21.4. The van der Waals surface area contributed by atoms with Gasteiger partial charge in [0.25, 0.3) is 10.0 Å². The molecule has 5 nitrogen and oxygen atoms in total. The van der Waals surface area contributed by atoms with Gasteiger partial charge in [0.05, 0.1) is 5.69 Å². The zero-order chi connectivity index (χ0) is 14.6. The minimum absolute atomic E-state index is 0.0407. The monoisotopic (exact) mass is 297 g/mol. The standard InChI is InChI=1S/C14H23N3O2S/c1-3-15-13-9-7-10-16-14(13)20(18,19)17-11-6-4-5-8-12(17)2/h7,9-10,12,15H,3-6,8,11H2,1-2H3. The highest BCUT2D eigenvalue weighted by Gasteiger charge is 2.32. The van der Waals surface area contributed by atoms with Crippen molar-refractivity contribution in [3.05, 3.63) is 18.3 Å². The molecule has 1 N–H and O–H groups in total. The van der Waals surface area contributed by atoms with E-state index in [1.807, 2.05) is 13.8 Å². The molecule has 2 rings (SSSR count). The molecule has 1 aliphatic rings. The topological polar surface area (TPSA) is 62.3 Å². The minimum atomic E-state index is -3.53. The van der Waals surface area contributed by atoms with Gasteiger partial charge in [-0.1, -0.05) is 12.8 Å². The molecule has 112 valence electrons. The van der Waals surface area contributed by atoms with Crippen LogP contribution in [-0.2, 0) is 10.0 Å². The zero-order valence-corrected chi connectivity index (χ0v) is 13.0. The number of hydrogen-bond acceptors (Lipinski definition) is 4. The van der Waals surface area contributed by atoms with E-state index in [9.17, 15) is 8.42 Å². The lowest BCUT2D eigenvalue weighted by Gasteiger charge is -2.26. The first-order valence-electron chi connectivity index (χ1n) is 7.28. The third-order valence-corrected chi connectivity index (χ3v) is 5.66. The minimum Gasteiger partial charge on any atom is -0.383 e. The van der Waals surface area contributed by atoms with Gasteiger partial charge in [-0.15, -0.1) is 0 Å². The Kier molecular flexibility index (Phi) is 4.99. The molecule has 1 saturated heterocycles. The lowest BCUT2D eigenvalue weighted by molar-refractivity contribution is 0.341. The Morgan fingerprint density at radius 3 is 2.95 bits per heavy atom. The number of nitrogens with zero attached hydrogens (tertiary/aromatic N) is 2. The van der Waals surface area contributed by atoms with Crippen LogP contribution in [0.15, 0.2) is 23.4 Å². The van der Waals surface area contributed by atoms with E-state index >= 15 is 0 Å². The second kappa shape index (κ2) is 6.54. The van der Waals surface area contributed by atoms with Crippen LogP contribution in [0.5, 0.6) is 0 Å². The van der Waals surface area contributed by atoms with Gasteiger partial charge < -0.3 is 5.32 Å². The van der Waals surface area contributed by atoms with Gasteiger partial charge in [-0.2, -0.15) is 4.31 Å². The Morgan fingerprint density at radius 1 is 1.40 bits per heavy atom. The fraction of sp³-hybridized carbons (Fsp3) is 0.643. The second-order valence-electron chi connectivity index (χ2n) is 5.20. The second-order valence-corrected chi connectivity index (χ2v) is 7.01. The average molecular weight is 297 g/mol. The molecule has 1 fully saturated rings. The first-order chi connectivity index (χ1) is 9.57. The summed E-state index contributed by atoms with van der Waals surface area (Å²) in [5, 5.41) is 3.23. The number of rotatable bonds is 4. The fourth-order valence-electron chi connectivity index (χ4n) is 2.64. The van der Waals surface area contributed by atoms with Crippen LogP contribution in [0.3, 0.4) is 0 Å². The van der Waals surface area contributed by atoms with Crippen molar-refractivity contribution in [2.45, 2.75) is 50.6 Å². The Balaban J connectivity index is 2.38. The molecule has 0 aromatic carbocycles. The number of hydrogen-bond donors (Lipinski definition) is 1. The van der Waals surface area contributed by atoms with Gasteiger partial charge in [-0.25, -0.2) is 13.4 Å². The molecule has 1 atom stereocenters. The van der Waals surface area contributed by atoms with Gasteiger partial charge in [0.2, 0.25) is 0 Å². The molecule has 1 aliphatic heterocycles. The van der Waals surface area contributed by atoms with Crippen molar-refractivity contribution in [3.8, 4) is 0 Å². The first-order valence-corrected chi connectivity index (χ1v) is 8.72. The van der Waals surface area contributed by atoms with Crippen LogP contribution in [0.25, 0.3) is 0 Å². The number of pyridine rings is 1. The molecule has 6 heteroatoms. The first kappa shape index (κ1) is 15.3. The summed E-state index contributed by atoms with van der Waals surface area (Å²) in [6, 6.07) is 3.56. The van der Waals surface area contributed by atoms with Crippen LogP contribution < -0.4 is 5.32 Å². The summed E-state index contributed by atoms with van der Waals surface area (Å²) in [4.78, 5) is 4.12. The molecular weight excluding hydrogens is 274 g/mol. The third kappa shape index (κ3) is 3.12. The van der Waals surface area contributed by atoms with E-state index in [4.69, 9.17) is 0 Å². The van der Waals surface area contributed by atoms with Gasteiger partial charge in [0, 0.05) is 25.3 Å². The highest BCUT2D eigenvalue weighted by molar-refractivity contribution is 7.89. The van der Waals surface area contributed by atoms with E-state index in [-0.39, 0.29) is 11.1 Å². The number of anilines is 1. The van der Waals surface area contributed by atoms with Crippen LogP contribution in [0, 0.1) is 0 Å². The maximum atomic E-state index is 12.9. The summed E-state index contributed by atoms with van der Waals surface area (Å²) in [5.74, 6) is 0. The van der Waals surface area contributed by atoms with Crippen LogP contribution in [-0.4, -0.2) is 36.8 Å². The predicted octanol–water partition coefficient (Wildman–Crippen LogP) is 2.47. The SMILES string of the molecule is CCNc1cccnc1S(=O)(=O)N1CCCCCC1C. The maximum Gasteiger partial charge on any atom is 0.262 e. The summed E-state index contributed by atoms with van der Waals surface area (Å²) in [7, 11) is -3.53. The van der Waals surface area contributed by atoms with Crippen LogP contribution >= 0.6 is 0 Å².